The van der Waals surface area contributed by atoms with Gasteiger partial charge in [-0.15, -0.1) is 0 Å². The third-order valence-corrected chi connectivity index (χ3v) is 2.73. The first-order chi connectivity index (χ1) is 8.19. The third-order valence-electron chi connectivity index (χ3n) is 2.73. The Morgan fingerprint density at radius 3 is 2.53 bits per heavy atom. The average Bonchev–Trinajstić information content (AvgIpc) is 2.38. The van der Waals surface area contributed by atoms with Crippen molar-refractivity contribution in [2.75, 3.05) is 12.4 Å². The van der Waals surface area contributed by atoms with Crippen LogP contribution in [0.2, 0.25) is 0 Å². The largest absolute Gasteiger partial charge is 0.495 e. The zero-order valence-electron chi connectivity index (χ0n) is 9.74. The van der Waals surface area contributed by atoms with E-state index in [4.69, 9.17) is 4.74 Å². The second kappa shape index (κ2) is 4.41. The Morgan fingerprint density at radius 2 is 1.88 bits per heavy atom. The number of para-hydroxylation sites is 2. The summed E-state index contributed by atoms with van der Waals surface area (Å²) in [5.74, 6) is 0.641. The third kappa shape index (κ3) is 1.82. The second-order valence-corrected chi connectivity index (χ2v) is 3.69. The average molecular weight is 231 g/mol. The summed E-state index contributed by atoms with van der Waals surface area (Å²) in [5.41, 5.74) is 0.803. The van der Waals surface area contributed by atoms with Crippen LogP contribution in [-0.2, 0) is 6.42 Å². The number of ether oxygens (including phenoxy) is 1. The minimum atomic E-state index is -0.451. The normalized spacial score (nSPS) is 10.5. The summed E-state index contributed by atoms with van der Waals surface area (Å²) in [4.78, 5) is 22.7. The van der Waals surface area contributed by atoms with Gasteiger partial charge in [0, 0.05) is 5.56 Å². The van der Waals surface area contributed by atoms with E-state index in [1.807, 2.05) is 19.1 Å². The summed E-state index contributed by atoms with van der Waals surface area (Å²) >= 11 is 0. The molecule has 0 amide bonds. The minimum Gasteiger partial charge on any atom is -0.495 e. The molecule has 0 aliphatic heterocycles. The van der Waals surface area contributed by atoms with Crippen LogP contribution in [0.3, 0.4) is 0 Å². The summed E-state index contributed by atoms with van der Waals surface area (Å²) in [6.45, 7) is 1.85. The zero-order valence-corrected chi connectivity index (χ0v) is 9.74. The van der Waals surface area contributed by atoms with Crippen LogP contribution in [0, 0.1) is 0 Å². The molecule has 0 atom stereocenters. The summed E-state index contributed by atoms with van der Waals surface area (Å²) in [6, 6.07) is 7.27. The van der Waals surface area contributed by atoms with Crippen LogP contribution < -0.4 is 20.9 Å². The minimum absolute atomic E-state index is 0.384. The van der Waals surface area contributed by atoms with Crippen molar-refractivity contribution in [3.8, 4) is 5.75 Å². The van der Waals surface area contributed by atoms with E-state index in [2.05, 4.69) is 5.32 Å². The lowest BCUT2D eigenvalue weighted by atomic mass is 10.0. The van der Waals surface area contributed by atoms with Gasteiger partial charge in [-0.25, -0.2) is 0 Å². The van der Waals surface area contributed by atoms with E-state index in [9.17, 15) is 9.59 Å². The highest BCUT2D eigenvalue weighted by Gasteiger charge is 2.19. The van der Waals surface area contributed by atoms with Crippen molar-refractivity contribution in [1.82, 2.24) is 0 Å². The molecule has 0 spiro atoms. The molecule has 2 aromatic rings. The van der Waals surface area contributed by atoms with Gasteiger partial charge in [-0.05, 0) is 18.6 Å². The van der Waals surface area contributed by atoms with Gasteiger partial charge in [-0.2, -0.15) is 0 Å². The Balaban J connectivity index is 2.36. The highest BCUT2D eigenvalue weighted by atomic mass is 16.5. The molecule has 17 heavy (non-hydrogen) atoms. The van der Waals surface area contributed by atoms with E-state index in [0.29, 0.717) is 29.1 Å². The molecule has 2 rings (SSSR count). The van der Waals surface area contributed by atoms with Gasteiger partial charge in [0.25, 0.3) is 0 Å². The highest BCUT2D eigenvalue weighted by Crippen LogP contribution is 2.26. The topological polar surface area (TPSA) is 55.4 Å². The zero-order chi connectivity index (χ0) is 12.4. The molecule has 1 N–H and O–H groups in total. The standard InChI is InChI=1S/C13H13NO3/c1-3-8-11(13(16)12(8)15)14-9-6-4-5-7-10(9)17-2/h4-7,14H,3H2,1-2H3. The molecule has 0 aliphatic rings. The molecule has 4 nitrogen and oxygen atoms in total. The van der Waals surface area contributed by atoms with Gasteiger partial charge in [0.2, 0.25) is 10.9 Å². The van der Waals surface area contributed by atoms with Gasteiger partial charge in [-0.1, -0.05) is 19.1 Å². The summed E-state index contributed by atoms with van der Waals surface area (Å²) in [5, 5.41) is 2.96. The first-order valence-electron chi connectivity index (χ1n) is 5.41. The molecule has 0 bridgehead atoms. The van der Waals surface area contributed by atoms with E-state index in [1.165, 1.54) is 0 Å². The predicted octanol–water partition coefficient (Wildman–Crippen LogP) is 1.60. The van der Waals surface area contributed by atoms with Crippen molar-refractivity contribution >= 4 is 11.4 Å². The lowest BCUT2D eigenvalue weighted by molar-refractivity contribution is 0.417. The Kier molecular flexibility index (Phi) is 2.95. The second-order valence-electron chi connectivity index (χ2n) is 3.69. The van der Waals surface area contributed by atoms with Crippen LogP contribution in [0.25, 0.3) is 0 Å². The van der Waals surface area contributed by atoms with Gasteiger partial charge in [0.1, 0.15) is 5.75 Å². The molecular formula is C13H13NO3. The molecule has 0 aliphatic carbocycles. The molecule has 0 saturated heterocycles. The summed E-state index contributed by atoms with van der Waals surface area (Å²) < 4.78 is 5.16. The van der Waals surface area contributed by atoms with Gasteiger partial charge < -0.3 is 10.1 Å². The molecule has 4 heteroatoms. The van der Waals surface area contributed by atoms with Crippen molar-refractivity contribution in [2.24, 2.45) is 0 Å². The van der Waals surface area contributed by atoms with Gasteiger partial charge in [-0.3, -0.25) is 9.59 Å². The van der Waals surface area contributed by atoms with E-state index >= 15 is 0 Å². The molecule has 88 valence electrons. The Hall–Kier alpha value is -2.10. The van der Waals surface area contributed by atoms with E-state index in [-0.39, 0.29) is 5.43 Å². The van der Waals surface area contributed by atoms with Crippen LogP contribution in [0.4, 0.5) is 11.4 Å². The van der Waals surface area contributed by atoms with Crippen molar-refractivity contribution in [3.63, 3.8) is 0 Å². The smallest absolute Gasteiger partial charge is 0.249 e. The number of anilines is 2. The summed E-state index contributed by atoms with van der Waals surface area (Å²) in [6.07, 6.45) is 0.558. The van der Waals surface area contributed by atoms with Crippen molar-refractivity contribution in [1.29, 1.82) is 0 Å². The van der Waals surface area contributed by atoms with Crippen molar-refractivity contribution < 1.29 is 4.74 Å². The Labute approximate surface area is 98.5 Å². The maximum atomic E-state index is 11.4. The van der Waals surface area contributed by atoms with Gasteiger partial charge in [0.15, 0.2) is 0 Å². The maximum Gasteiger partial charge on any atom is 0.249 e. The first-order valence-corrected chi connectivity index (χ1v) is 5.41. The van der Waals surface area contributed by atoms with Crippen LogP contribution in [0.15, 0.2) is 33.9 Å². The molecule has 0 unspecified atom stereocenters. The van der Waals surface area contributed by atoms with Crippen LogP contribution in [0.1, 0.15) is 12.5 Å². The fourth-order valence-electron chi connectivity index (χ4n) is 1.79. The van der Waals surface area contributed by atoms with E-state index < -0.39 is 5.43 Å². The quantitative estimate of drug-likeness (QED) is 0.812. The molecule has 0 heterocycles. The highest BCUT2D eigenvalue weighted by molar-refractivity contribution is 5.70. The maximum absolute atomic E-state index is 11.4. The molecule has 0 fully saturated rings. The SMILES string of the molecule is CCc1c(Nc2ccccc2OC)c(=O)c1=O. The number of rotatable bonds is 4. The summed E-state index contributed by atoms with van der Waals surface area (Å²) in [7, 11) is 1.56. The Bertz CT molecular complexity index is 609. The van der Waals surface area contributed by atoms with Crippen LogP contribution in [0.5, 0.6) is 5.75 Å². The van der Waals surface area contributed by atoms with Crippen molar-refractivity contribution in [2.45, 2.75) is 13.3 Å². The number of nitrogens with one attached hydrogen (secondary N) is 1. The van der Waals surface area contributed by atoms with E-state index in [1.54, 1.807) is 19.2 Å². The lowest BCUT2D eigenvalue weighted by Gasteiger charge is -2.14. The predicted molar refractivity (Wildman–Crippen MR) is 67.0 cm³/mol. The Morgan fingerprint density at radius 1 is 1.18 bits per heavy atom. The van der Waals surface area contributed by atoms with Crippen LogP contribution in [-0.4, -0.2) is 7.11 Å². The molecule has 0 radical (unpaired) electrons. The first kappa shape index (κ1) is 11.4. The fourth-order valence-corrected chi connectivity index (χ4v) is 1.79. The molecule has 0 saturated carbocycles. The van der Waals surface area contributed by atoms with Gasteiger partial charge >= 0.3 is 0 Å². The molecule has 0 aromatic heterocycles. The number of benzene rings is 1. The van der Waals surface area contributed by atoms with Crippen molar-refractivity contribution in [3.05, 3.63) is 50.3 Å². The van der Waals surface area contributed by atoms with Gasteiger partial charge in [0.05, 0.1) is 18.5 Å². The number of hydrogen-bond donors (Lipinski definition) is 1. The lowest BCUT2D eigenvalue weighted by Crippen LogP contribution is -2.37. The number of hydrogen-bond acceptors (Lipinski definition) is 4. The monoisotopic (exact) mass is 231 g/mol. The number of methoxy groups -OCH3 is 1. The van der Waals surface area contributed by atoms with E-state index in [0.717, 1.165) is 0 Å². The van der Waals surface area contributed by atoms with Crippen LogP contribution >= 0.6 is 0 Å². The molecular weight excluding hydrogens is 218 g/mol. The fraction of sp³-hybridized carbons (Fsp3) is 0.231. The molecule has 2 aromatic carbocycles.